The van der Waals surface area contributed by atoms with E-state index in [4.69, 9.17) is 0 Å². The molecule has 0 N–H and O–H groups in total. The van der Waals surface area contributed by atoms with Gasteiger partial charge in [0.05, 0.1) is 0 Å². The number of hydrogen-bond acceptors (Lipinski definition) is 0. The fourth-order valence-electron chi connectivity index (χ4n) is 1.03. The second-order valence-electron chi connectivity index (χ2n) is 3.93. The van der Waals surface area contributed by atoms with Crippen LogP contribution in [0.2, 0.25) is 13.1 Å². The van der Waals surface area contributed by atoms with Crippen molar-refractivity contribution < 1.29 is 23.3 Å². The quantitative estimate of drug-likeness (QED) is 0.465. The first kappa shape index (κ1) is 16.1. The van der Waals surface area contributed by atoms with Crippen molar-refractivity contribution in [3.05, 3.63) is 47.6 Å². The Morgan fingerprint density at radius 2 is 1.31 bits per heavy atom. The summed E-state index contributed by atoms with van der Waals surface area (Å²) in [7, 11) is 0. The monoisotopic (exact) mass is 306 g/mol. The van der Waals surface area contributed by atoms with E-state index in [-0.39, 0.29) is 5.43 Å². The Kier molecular flexibility index (Phi) is 10.3. The van der Waals surface area contributed by atoms with Gasteiger partial charge in [-0.3, -0.25) is 12.2 Å². The first-order chi connectivity index (χ1) is 7.52. The molecule has 2 heteroatoms. The van der Waals surface area contributed by atoms with E-state index in [1.54, 1.807) is 23.3 Å². The normalized spacial score (nSPS) is 15.6. The van der Waals surface area contributed by atoms with E-state index in [2.05, 4.69) is 63.4 Å². The summed E-state index contributed by atoms with van der Waals surface area (Å²) < 4.78 is 0. The SMILES string of the molecule is CC1=[C-]CC=C1.CC1=[C-]CC=C1.C[Si](C)=[Zr+2]. The van der Waals surface area contributed by atoms with Crippen molar-refractivity contribution in [2.24, 2.45) is 0 Å². The Balaban J connectivity index is 0.000000217. The van der Waals surface area contributed by atoms with Crippen LogP contribution in [0.15, 0.2) is 35.5 Å². The molecule has 0 bridgehead atoms. The van der Waals surface area contributed by atoms with Gasteiger partial charge >= 0.3 is 41.9 Å². The van der Waals surface area contributed by atoms with Crippen LogP contribution in [0.3, 0.4) is 0 Å². The molecule has 0 saturated heterocycles. The van der Waals surface area contributed by atoms with Crippen molar-refractivity contribution in [3.8, 4) is 0 Å². The summed E-state index contributed by atoms with van der Waals surface area (Å²) in [6.45, 7) is 8.74. The zero-order chi connectivity index (χ0) is 12.4. The van der Waals surface area contributed by atoms with Crippen LogP contribution >= 0.6 is 0 Å². The molecule has 0 heterocycles. The van der Waals surface area contributed by atoms with Gasteiger partial charge in [-0.25, -0.2) is 23.3 Å². The topological polar surface area (TPSA) is 0 Å². The summed E-state index contributed by atoms with van der Waals surface area (Å²) in [5.74, 6) is 0. The van der Waals surface area contributed by atoms with E-state index >= 15 is 0 Å². The maximum absolute atomic E-state index is 3.12. The molecule has 16 heavy (non-hydrogen) atoms. The molecule has 0 spiro atoms. The van der Waals surface area contributed by atoms with Crippen molar-refractivity contribution in [3.63, 3.8) is 0 Å². The molecule has 2 aliphatic carbocycles. The first-order valence-corrected chi connectivity index (χ1v) is 11.7. The van der Waals surface area contributed by atoms with Crippen molar-refractivity contribution in [2.75, 3.05) is 0 Å². The van der Waals surface area contributed by atoms with Crippen LogP contribution in [0.25, 0.3) is 0 Å². The first-order valence-electron chi connectivity index (χ1n) is 5.52. The molecule has 0 unspecified atom stereocenters. The molecule has 84 valence electrons. The third-order valence-corrected chi connectivity index (χ3v) is 1.73. The Morgan fingerprint density at radius 1 is 1.00 bits per heavy atom. The van der Waals surface area contributed by atoms with E-state index in [9.17, 15) is 0 Å². The molecular formula is C14H20SiZr. The van der Waals surface area contributed by atoms with Gasteiger partial charge in [-0.1, -0.05) is 13.8 Å². The summed E-state index contributed by atoms with van der Waals surface area (Å²) in [6, 6.07) is 0. The third-order valence-electron chi connectivity index (χ3n) is 1.73. The molecule has 2 aliphatic rings. The second-order valence-corrected chi connectivity index (χ2v) is 13.3. The predicted octanol–water partition coefficient (Wildman–Crippen LogP) is 4.18. The third kappa shape index (κ3) is 12.1. The molecule has 0 atom stereocenters. The number of rotatable bonds is 0. The van der Waals surface area contributed by atoms with E-state index in [1.165, 1.54) is 11.1 Å². The van der Waals surface area contributed by atoms with E-state index < -0.39 is 0 Å². The van der Waals surface area contributed by atoms with Crippen LogP contribution in [-0.2, 0) is 23.3 Å². The molecule has 0 aromatic heterocycles. The molecule has 0 amide bonds. The Bertz CT molecular complexity index is 295. The Morgan fingerprint density at radius 3 is 1.38 bits per heavy atom. The van der Waals surface area contributed by atoms with Gasteiger partial charge in [-0.2, -0.15) is 12.2 Å². The molecule has 0 fully saturated rings. The second kappa shape index (κ2) is 10.2. The molecule has 2 rings (SSSR count). The van der Waals surface area contributed by atoms with Crippen LogP contribution < -0.4 is 0 Å². The van der Waals surface area contributed by atoms with E-state index in [1.807, 2.05) is 0 Å². The zero-order valence-electron chi connectivity index (χ0n) is 10.7. The number of hydrogen-bond donors (Lipinski definition) is 0. The molecule has 0 aromatic carbocycles. The van der Waals surface area contributed by atoms with Crippen molar-refractivity contribution in [1.82, 2.24) is 0 Å². The molecule has 0 aromatic rings. The van der Waals surface area contributed by atoms with E-state index in [0.29, 0.717) is 0 Å². The van der Waals surface area contributed by atoms with Crippen molar-refractivity contribution >= 4 is 5.43 Å². The van der Waals surface area contributed by atoms with Crippen LogP contribution in [0.1, 0.15) is 26.7 Å². The summed E-state index contributed by atoms with van der Waals surface area (Å²) in [4.78, 5) is 0. The maximum atomic E-state index is 3.12. The predicted molar refractivity (Wildman–Crippen MR) is 69.9 cm³/mol. The van der Waals surface area contributed by atoms with E-state index in [0.717, 1.165) is 12.8 Å². The van der Waals surface area contributed by atoms with Crippen LogP contribution in [-0.4, -0.2) is 5.43 Å². The summed E-state index contributed by atoms with van der Waals surface area (Å²) >= 11 is 1.74. The van der Waals surface area contributed by atoms with Gasteiger partial charge in [0.25, 0.3) is 0 Å². The van der Waals surface area contributed by atoms with Crippen LogP contribution in [0, 0.1) is 12.2 Å². The average molecular weight is 308 g/mol. The van der Waals surface area contributed by atoms with Crippen LogP contribution in [0.5, 0.6) is 0 Å². The summed E-state index contributed by atoms with van der Waals surface area (Å²) in [6.07, 6.45) is 16.7. The molecule has 0 aliphatic heterocycles. The molecule has 0 radical (unpaired) electrons. The van der Waals surface area contributed by atoms with Crippen LogP contribution in [0.4, 0.5) is 0 Å². The van der Waals surface area contributed by atoms with Gasteiger partial charge < -0.3 is 0 Å². The molecule has 0 nitrogen and oxygen atoms in total. The van der Waals surface area contributed by atoms with Gasteiger partial charge in [-0.05, 0) is 0 Å². The minimum atomic E-state index is 0.210. The minimum absolute atomic E-state index is 0.210. The van der Waals surface area contributed by atoms with Gasteiger partial charge in [0, 0.05) is 0 Å². The molecular weight excluding hydrogens is 287 g/mol. The van der Waals surface area contributed by atoms with Gasteiger partial charge in [0.2, 0.25) is 0 Å². The Hall–Kier alpha value is 0.0600. The average Bonchev–Trinajstić information content (AvgIpc) is 2.78. The van der Waals surface area contributed by atoms with Gasteiger partial charge in [0.15, 0.2) is 0 Å². The van der Waals surface area contributed by atoms with Gasteiger partial charge in [0.1, 0.15) is 0 Å². The fourth-order valence-corrected chi connectivity index (χ4v) is 1.03. The van der Waals surface area contributed by atoms with Crippen molar-refractivity contribution in [1.29, 1.82) is 0 Å². The fraction of sp³-hybridized carbons (Fsp3) is 0.429. The van der Waals surface area contributed by atoms with Gasteiger partial charge in [-0.15, -0.1) is 12.8 Å². The summed E-state index contributed by atoms with van der Waals surface area (Å²) in [5, 5.41) is 0. The molecule has 0 saturated carbocycles. The Labute approximate surface area is 116 Å². The standard InChI is InChI=1S/2C6H7.C2H6Si.Zr/c2*1-6-4-2-3-5-6;1-3-2;/h2*2,4H,3H2,1H3;1-2H3;/q2*-1;;+2. The van der Waals surface area contributed by atoms with Crippen molar-refractivity contribution in [2.45, 2.75) is 39.8 Å². The zero-order valence-corrected chi connectivity index (χ0v) is 14.2. The number of allylic oxidation sites excluding steroid dienone is 8. The summed E-state index contributed by atoms with van der Waals surface area (Å²) in [5.41, 5.74) is 2.76.